The second kappa shape index (κ2) is 5.38. The number of hydrogen-bond donors (Lipinski definition) is 1. The van der Waals surface area contributed by atoms with Gasteiger partial charge in [-0.3, -0.25) is 4.90 Å². The van der Waals surface area contributed by atoms with Crippen LogP contribution in [0.3, 0.4) is 0 Å². The Morgan fingerprint density at radius 1 is 1.57 bits per heavy atom. The van der Waals surface area contributed by atoms with Gasteiger partial charge in [-0.1, -0.05) is 26.1 Å². The zero-order valence-corrected chi connectivity index (χ0v) is 10.1. The van der Waals surface area contributed by atoms with Crippen molar-refractivity contribution < 1.29 is 0 Å². The van der Waals surface area contributed by atoms with Crippen LogP contribution in [0.4, 0.5) is 0 Å². The molecule has 0 atom stereocenters. The third-order valence-corrected chi connectivity index (χ3v) is 3.10. The standard InChI is InChI=1S/C9H15N3S2/c1-3-12(4-2)5-8-11-7(6-14-8)9(10)13/h6H,3-5H2,1-2H3,(H2,10,13). The van der Waals surface area contributed by atoms with E-state index in [4.69, 9.17) is 18.0 Å². The average Bonchev–Trinajstić information content (AvgIpc) is 2.62. The molecule has 78 valence electrons. The molecule has 1 aromatic rings. The van der Waals surface area contributed by atoms with Crippen molar-refractivity contribution in [3.63, 3.8) is 0 Å². The Morgan fingerprint density at radius 3 is 2.64 bits per heavy atom. The van der Waals surface area contributed by atoms with E-state index < -0.39 is 0 Å². The van der Waals surface area contributed by atoms with Crippen LogP contribution < -0.4 is 5.73 Å². The van der Waals surface area contributed by atoms with Gasteiger partial charge in [0.2, 0.25) is 0 Å². The van der Waals surface area contributed by atoms with Crippen LogP contribution in [0.2, 0.25) is 0 Å². The summed E-state index contributed by atoms with van der Waals surface area (Å²) in [5.41, 5.74) is 6.23. The number of nitrogens with zero attached hydrogens (tertiary/aromatic N) is 2. The molecule has 5 heteroatoms. The van der Waals surface area contributed by atoms with E-state index in [1.54, 1.807) is 11.3 Å². The van der Waals surface area contributed by atoms with E-state index in [9.17, 15) is 0 Å². The Bertz CT molecular complexity index is 305. The molecule has 0 aliphatic rings. The second-order valence-corrected chi connectivity index (χ2v) is 4.33. The van der Waals surface area contributed by atoms with Crippen LogP contribution in [0.15, 0.2) is 5.38 Å². The van der Waals surface area contributed by atoms with Crippen molar-refractivity contribution in [1.29, 1.82) is 0 Å². The SMILES string of the molecule is CCN(CC)Cc1nc(C(N)=S)cs1. The average molecular weight is 229 g/mol. The van der Waals surface area contributed by atoms with Crippen LogP contribution in [0.1, 0.15) is 24.5 Å². The van der Waals surface area contributed by atoms with Gasteiger partial charge >= 0.3 is 0 Å². The molecular weight excluding hydrogens is 214 g/mol. The third kappa shape index (κ3) is 3.01. The molecule has 0 unspecified atom stereocenters. The maximum absolute atomic E-state index is 5.48. The number of aromatic nitrogens is 1. The van der Waals surface area contributed by atoms with E-state index >= 15 is 0 Å². The molecule has 1 aromatic heterocycles. The van der Waals surface area contributed by atoms with Crippen LogP contribution in [0.5, 0.6) is 0 Å². The maximum Gasteiger partial charge on any atom is 0.123 e. The number of thiazole rings is 1. The summed E-state index contributed by atoms with van der Waals surface area (Å²) in [6, 6.07) is 0. The van der Waals surface area contributed by atoms with Crippen molar-refractivity contribution in [3.05, 3.63) is 16.1 Å². The summed E-state index contributed by atoms with van der Waals surface area (Å²) in [6.07, 6.45) is 0. The predicted molar refractivity (Wildman–Crippen MR) is 64.6 cm³/mol. The molecule has 0 aliphatic carbocycles. The van der Waals surface area contributed by atoms with Gasteiger partial charge < -0.3 is 5.73 Å². The minimum atomic E-state index is 0.382. The predicted octanol–water partition coefficient (Wildman–Crippen LogP) is 1.62. The first-order valence-electron chi connectivity index (χ1n) is 4.63. The molecule has 0 aliphatic heterocycles. The molecular formula is C9H15N3S2. The highest BCUT2D eigenvalue weighted by molar-refractivity contribution is 7.80. The Labute approximate surface area is 93.9 Å². The van der Waals surface area contributed by atoms with E-state index in [2.05, 4.69) is 23.7 Å². The van der Waals surface area contributed by atoms with Gasteiger partial charge in [-0.25, -0.2) is 4.98 Å². The van der Waals surface area contributed by atoms with Crippen LogP contribution >= 0.6 is 23.6 Å². The molecule has 1 rings (SSSR count). The Hall–Kier alpha value is -0.520. The molecule has 0 fully saturated rings. The third-order valence-electron chi connectivity index (χ3n) is 2.06. The van der Waals surface area contributed by atoms with Gasteiger partial charge in [-0.15, -0.1) is 11.3 Å². The molecule has 1 heterocycles. The van der Waals surface area contributed by atoms with Gasteiger partial charge in [0.1, 0.15) is 15.7 Å². The van der Waals surface area contributed by atoms with Gasteiger partial charge in [0.15, 0.2) is 0 Å². The lowest BCUT2D eigenvalue weighted by atomic mass is 10.4. The topological polar surface area (TPSA) is 42.2 Å². The fourth-order valence-corrected chi connectivity index (χ4v) is 2.15. The van der Waals surface area contributed by atoms with Gasteiger partial charge in [-0.2, -0.15) is 0 Å². The zero-order chi connectivity index (χ0) is 10.6. The lowest BCUT2D eigenvalue weighted by Crippen LogP contribution is -2.22. The number of hydrogen-bond acceptors (Lipinski definition) is 4. The maximum atomic E-state index is 5.48. The smallest absolute Gasteiger partial charge is 0.123 e. The minimum Gasteiger partial charge on any atom is -0.388 e. The quantitative estimate of drug-likeness (QED) is 0.779. The van der Waals surface area contributed by atoms with Crippen molar-refractivity contribution >= 4 is 28.5 Å². The molecule has 0 amide bonds. The highest BCUT2D eigenvalue weighted by Gasteiger charge is 2.06. The van der Waals surface area contributed by atoms with Crippen molar-refractivity contribution in [1.82, 2.24) is 9.88 Å². The molecule has 14 heavy (non-hydrogen) atoms. The van der Waals surface area contributed by atoms with Gasteiger partial charge in [0.25, 0.3) is 0 Å². The second-order valence-electron chi connectivity index (χ2n) is 2.95. The van der Waals surface area contributed by atoms with E-state index in [1.807, 2.05) is 5.38 Å². The summed E-state index contributed by atoms with van der Waals surface area (Å²) in [5.74, 6) is 0. The normalized spacial score (nSPS) is 10.8. The molecule has 0 spiro atoms. The highest BCUT2D eigenvalue weighted by atomic mass is 32.1. The molecule has 0 bridgehead atoms. The number of nitrogens with two attached hydrogens (primary N) is 1. The minimum absolute atomic E-state index is 0.382. The van der Waals surface area contributed by atoms with Crippen LogP contribution in [-0.4, -0.2) is 28.0 Å². The van der Waals surface area contributed by atoms with E-state index in [0.29, 0.717) is 4.99 Å². The molecule has 3 nitrogen and oxygen atoms in total. The lowest BCUT2D eigenvalue weighted by molar-refractivity contribution is 0.295. The Balaban J connectivity index is 2.63. The first-order chi connectivity index (χ1) is 6.67. The fourth-order valence-electron chi connectivity index (χ4n) is 1.14. The van der Waals surface area contributed by atoms with E-state index in [0.717, 1.165) is 30.3 Å². The van der Waals surface area contributed by atoms with Gasteiger partial charge in [0, 0.05) is 5.38 Å². The van der Waals surface area contributed by atoms with Crippen molar-refractivity contribution in [3.8, 4) is 0 Å². The largest absolute Gasteiger partial charge is 0.388 e. The Kier molecular flexibility index (Phi) is 4.44. The summed E-state index contributed by atoms with van der Waals surface area (Å²) in [5, 5.41) is 3.00. The number of rotatable bonds is 5. The summed E-state index contributed by atoms with van der Waals surface area (Å²) in [4.78, 5) is 7.05. The first-order valence-corrected chi connectivity index (χ1v) is 5.92. The first kappa shape index (κ1) is 11.6. The van der Waals surface area contributed by atoms with Crippen LogP contribution in [-0.2, 0) is 6.54 Å². The van der Waals surface area contributed by atoms with Crippen molar-refractivity contribution in [2.24, 2.45) is 5.73 Å². The van der Waals surface area contributed by atoms with Crippen LogP contribution in [0, 0.1) is 0 Å². The lowest BCUT2D eigenvalue weighted by Gasteiger charge is -2.15. The molecule has 0 radical (unpaired) electrons. The fraction of sp³-hybridized carbons (Fsp3) is 0.556. The van der Waals surface area contributed by atoms with E-state index in [-0.39, 0.29) is 0 Å². The monoisotopic (exact) mass is 229 g/mol. The number of thiocarbonyl (C=S) groups is 1. The van der Waals surface area contributed by atoms with Crippen molar-refractivity contribution in [2.75, 3.05) is 13.1 Å². The summed E-state index contributed by atoms with van der Waals surface area (Å²) in [6.45, 7) is 7.26. The summed E-state index contributed by atoms with van der Waals surface area (Å²) < 4.78 is 0. The molecule has 0 saturated heterocycles. The Morgan fingerprint density at radius 2 is 2.21 bits per heavy atom. The van der Waals surface area contributed by atoms with Gasteiger partial charge in [-0.05, 0) is 13.1 Å². The molecule has 0 aromatic carbocycles. The van der Waals surface area contributed by atoms with Crippen molar-refractivity contribution in [2.45, 2.75) is 20.4 Å². The molecule has 0 saturated carbocycles. The molecule has 2 N–H and O–H groups in total. The zero-order valence-electron chi connectivity index (χ0n) is 8.49. The highest BCUT2D eigenvalue weighted by Crippen LogP contribution is 2.12. The van der Waals surface area contributed by atoms with Crippen LogP contribution in [0.25, 0.3) is 0 Å². The summed E-state index contributed by atoms with van der Waals surface area (Å²) in [7, 11) is 0. The summed E-state index contributed by atoms with van der Waals surface area (Å²) >= 11 is 6.47. The van der Waals surface area contributed by atoms with E-state index in [1.165, 1.54) is 0 Å². The van der Waals surface area contributed by atoms with Gasteiger partial charge in [0.05, 0.1) is 6.54 Å².